The molecule has 0 aliphatic rings. The summed E-state index contributed by atoms with van der Waals surface area (Å²) in [7, 11) is 0. The molecule has 3 nitrogen and oxygen atoms in total. The molecule has 20 heavy (non-hydrogen) atoms. The number of amides is 1. The van der Waals surface area contributed by atoms with Crippen molar-refractivity contribution in [2.45, 2.75) is 46.1 Å². The monoisotopic (exact) mass is 292 g/mol. The van der Waals surface area contributed by atoms with Gasteiger partial charge in [-0.1, -0.05) is 51.2 Å². The Bertz CT molecular complexity index is 503. The molecule has 0 aliphatic carbocycles. The van der Waals surface area contributed by atoms with Gasteiger partial charge in [0.05, 0.1) is 11.5 Å². The molecule has 0 bridgehead atoms. The summed E-state index contributed by atoms with van der Waals surface area (Å²) in [6, 6.07) is 7.79. The Hall–Kier alpha value is -1.42. The SMILES string of the molecule is CC(C)N(CC(N)=S)C(=O)c1ccccc1C(C)(C)C. The molecule has 0 radical (unpaired) electrons. The number of carbonyl (C=O) groups is 1. The molecule has 0 saturated heterocycles. The molecule has 0 fully saturated rings. The van der Waals surface area contributed by atoms with Crippen molar-refractivity contribution in [3.8, 4) is 0 Å². The number of thiocarbonyl (C=S) groups is 1. The van der Waals surface area contributed by atoms with Crippen LogP contribution in [0, 0.1) is 0 Å². The van der Waals surface area contributed by atoms with E-state index in [1.807, 2.05) is 38.1 Å². The van der Waals surface area contributed by atoms with E-state index >= 15 is 0 Å². The molecular weight excluding hydrogens is 268 g/mol. The summed E-state index contributed by atoms with van der Waals surface area (Å²) < 4.78 is 0. The molecule has 0 aliphatic heterocycles. The fraction of sp³-hybridized carbons (Fsp3) is 0.500. The number of hydrogen-bond acceptors (Lipinski definition) is 2. The lowest BCUT2D eigenvalue weighted by molar-refractivity contribution is 0.0733. The van der Waals surface area contributed by atoms with E-state index in [9.17, 15) is 4.79 Å². The van der Waals surface area contributed by atoms with Crippen LogP contribution in [0.4, 0.5) is 0 Å². The number of hydrogen-bond donors (Lipinski definition) is 1. The topological polar surface area (TPSA) is 46.3 Å². The fourth-order valence-corrected chi connectivity index (χ4v) is 2.27. The molecule has 1 amide bonds. The van der Waals surface area contributed by atoms with Gasteiger partial charge >= 0.3 is 0 Å². The van der Waals surface area contributed by atoms with Crippen molar-refractivity contribution in [2.24, 2.45) is 5.73 Å². The van der Waals surface area contributed by atoms with E-state index < -0.39 is 0 Å². The van der Waals surface area contributed by atoms with Crippen molar-refractivity contribution < 1.29 is 4.79 Å². The van der Waals surface area contributed by atoms with Gasteiger partial charge in [-0.15, -0.1) is 0 Å². The lowest BCUT2D eigenvalue weighted by Crippen LogP contribution is -2.42. The number of nitrogens with zero attached hydrogens (tertiary/aromatic N) is 1. The predicted octanol–water partition coefficient (Wildman–Crippen LogP) is 3.12. The first kappa shape index (κ1) is 16.6. The van der Waals surface area contributed by atoms with Gasteiger partial charge in [0.25, 0.3) is 5.91 Å². The van der Waals surface area contributed by atoms with Crippen LogP contribution in [0.25, 0.3) is 0 Å². The highest BCUT2D eigenvalue weighted by Gasteiger charge is 2.26. The molecule has 0 spiro atoms. The highest BCUT2D eigenvalue weighted by molar-refractivity contribution is 7.80. The normalized spacial score (nSPS) is 11.5. The third-order valence-electron chi connectivity index (χ3n) is 3.18. The molecule has 0 unspecified atom stereocenters. The molecule has 0 heterocycles. The molecule has 0 aromatic heterocycles. The maximum Gasteiger partial charge on any atom is 0.254 e. The van der Waals surface area contributed by atoms with E-state index in [1.165, 1.54) is 0 Å². The van der Waals surface area contributed by atoms with Gasteiger partial charge in [-0.3, -0.25) is 4.79 Å². The lowest BCUT2D eigenvalue weighted by atomic mass is 9.83. The Labute approximate surface area is 127 Å². The van der Waals surface area contributed by atoms with Gasteiger partial charge < -0.3 is 10.6 Å². The fourth-order valence-electron chi connectivity index (χ4n) is 2.14. The zero-order chi connectivity index (χ0) is 15.5. The molecule has 110 valence electrons. The van der Waals surface area contributed by atoms with Crippen LogP contribution in [-0.2, 0) is 5.41 Å². The second-order valence-corrected chi connectivity index (χ2v) is 6.81. The Morgan fingerprint density at radius 1 is 1.30 bits per heavy atom. The van der Waals surface area contributed by atoms with Crippen molar-refractivity contribution in [1.82, 2.24) is 4.90 Å². The van der Waals surface area contributed by atoms with E-state index in [0.717, 1.165) is 11.1 Å². The summed E-state index contributed by atoms with van der Waals surface area (Å²) in [5.74, 6) is -0.0154. The molecular formula is C16H24N2OS. The third kappa shape index (κ3) is 4.04. The molecule has 0 atom stereocenters. The van der Waals surface area contributed by atoms with Gasteiger partial charge in [0.15, 0.2) is 0 Å². The molecule has 0 saturated carbocycles. The van der Waals surface area contributed by atoms with Crippen molar-refractivity contribution >= 4 is 23.1 Å². The zero-order valence-electron chi connectivity index (χ0n) is 12.9. The van der Waals surface area contributed by atoms with E-state index in [-0.39, 0.29) is 17.4 Å². The van der Waals surface area contributed by atoms with E-state index in [0.29, 0.717) is 11.5 Å². The van der Waals surface area contributed by atoms with E-state index in [1.54, 1.807) is 4.90 Å². The maximum atomic E-state index is 12.8. The molecule has 4 heteroatoms. The average molecular weight is 292 g/mol. The maximum absolute atomic E-state index is 12.8. The summed E-state index contributed by atoms with van der Waals surface area (Å²) in [6.07, 6.45) is 0. The summed E-state index contributed by atoms with van der Waals surface area (Å²) in [4.78, 5) is 14.8. The Morgan fingerprint density at radius 3 is 2.30 bits per heavy atom. The second-order valence-electron chi connectivity index (χ2n) is 6.29. The van der Waals surface area contributed by atoms with E-state index in [4.69, 9.17) is 18.0 Å². The first-order chi connectivity index (χ1) is 9.14. The van der Waals surface area contributed by atoms with Gasteiger partial charge in [0, 0.05) is 11.6 Å². The largest absolute Gasteiger partial charge is 0.392 e. The van der Waals surface area contributed by atoms with Gasteiger partial charge in [0.1, 0.15) is 0 Å². The van der Waals surface area contributed by atoms with Crippen LogP contribution in [0.3, 0.4) is 0 Å². The quantitative estimate of drug-likeness (QED) is 0.867. The van der Waals surface area contributed by atoms with Crippen LogP contribution >= 0.6 is 12.2 Å². The van der Waals surface area contributed by atoms with Gasteiger partial charge in [-0.2, -0.15) is 0 Å². The van der Waals surface area contributed by atoms with Crippen LogP contribution in [0.15, 0.2) is 24.3 Å². The lowest BCUT2D eigenvalue weighted by Gasteiger charge is -2.29. The number of rotatable bonds is 4. The number of benzene rings is 1. The van der Waals surface area contributed by atoms with E-state index in [2.05, 4.69) is 20.8 Å². The van der Waals surface area contributed by atoms with Crippen LogP contribution in [0.1, 0.15) is 50.5 Å². The van der Waals surface area contributed by atoms with Crippen molar-refractivity contribution in [3.05, 3.63) is 35.4 Å². The number of carbonyl (C=O) groups excluding carboxylic acids is 1. The molecule has 2 N–H and O–H groups in total. The average Bonchev–Trinajstić information content (AvgIpc) is 2.33. The molecule has 1 aromatic carbocycles. The first-order valence-corrected chi connectivity index (χ1v) is 7.24. The van der Waals surface area contributed by atoms with Crippen LogP contribution < -0.4 is 5.73 Å². The number of nitrogens with two attached hydrogens (primary N) is 1. The van der Waals surface area contributed by atoms with Crippen LogP contribution in [0.2, 0.25) is 0 Å². The summed E-state index contributed by atoms with van der Waals surface area (Å²) in [5, 5.41) is 0. The molecule has 1 aromatic rings. The Morgan fingerprint density at radius 2 is 1.85 bits per heavy atom. The van der Waals surface area contributed by atoms with Gasteiger partial charge in [-0.05, 0) is 30.9 Å². The summed E-state index contributed by atoms with van der Waals surface area (Å²) in [6.45, 7) is 10.6. The minimum atomic E-state index is -0.0852. The highest BCUT2D eigenvalue weighted by atomic mass is 32.1. The van der Waals surface area contributed by atoms with Gasteiger partial charge in [0.2, 0.25) is 0 Å². The smallest absolute Gasteiger partial charge is 0.254 e. The van der Waals surface area contributed by atoms with Crippen molar-refractivity contribution in [3.63, 3.8) is 0 Å². The third-order valence-corrected chi connectivity index (χ3v) is 3.30. The Balaban J connectivity index is 3.22. The predicted molar refractivity (Wildman–Crippen MR) is 88.1 cm³/mol. The highest BCUT2D eigenvalue weighted by Crippen LogP contribution is 2.27. The zero-order valence-corrected chi connectivity index (χ0v) is 13.8. The minimum Gasteiger partial charge on any atom is -0.392 e. The van der Waals surface area contributed by atoms with Crippen LogP contribution in [-0.4, -0.2) is 28.4 Å². The molecule has 1 rings (SSSR count). The summed E-state index contributed by atoms with van der Waals surface area (Å²) >= 11 is 4.95. The second kappa shape index (κ2) is 6.35. The van der Waals surface area contributed by atoms with Crippen molar-refractivity contribution in [2.75, 3.05) is 6.54 Å². The minimum absolute atomic E-state index is 0.0154. The van der Waals surface area contributed by atoms with Crippen LogP contribution in [0.5, 0.6) is 0 Å². The Kier molecular flexibility index (Phi) is 5.28. The standard InChI is InChI=1S/C16H24N2OS/c1-11(2)18(10-14(17)20)15(19)12-8-6-7-9-13(12)16(3,4)5/h6-9,11H,10H2,1-5H3,(H2,17,20). The van der Waals surface area contributed by atoms with Crippen molar-refractivity contribution in [1.29, 1.82) is 0 Å². The summed E-state index contributed by atoms with van der Waals surface area (Å²) in [5.41, 5.74) is 7.29. The van der Waals surface area contributed by atoms with Gasteiger partial charge in [-0.25, -0.2) is 0 Å². The first-order valence-electron chi connectivity index (χ1n) is 6.83.